The van der Waals surface area contributed by atoms with Crippen molar-refractivity contribution in [2.45, 2.75) is 75.8 Å². The summed E-state index contributed by atoms with van der Waals surface area (Å²) in [6.45, 7) is 8.23. The Morgan fingerprint density at radius 1 is 0.955 bits per heavy atom. The second kappa shape index (κ2) is 22.0. The first-order valence-electron chi connectivity index (χ1n) is 22.4. The van der Waals surface area contributed by atoms with Crippen molar-refractivity contribution in [3.63, 3.8) is 0 Å². The van der Waals surface area contributed by atoms with Gasteiger partial charge in [0.05, 0.1) is 34.8 Å². The average molecular weight is 899 g/mol. The summed E-state index contributed by atoms with van der Waals surface area (Å²) in [5, 5.41) is 45.8. The van der Waals surface area contributed by atoms with Crippen molar-refractivity contribution < 1.29 is 43.4 Å². The van der Waals surface area contributed by atoms with E-state index in [4.69, 9.17) is 24.2 Å². The Kier molecular flexibility index (Phi) is 15.8. The van der Waals surface area contributed by atoms with Crippen LogP contribution in [0.1, 0.15) is 83.5 Å². The van der Waals surface area contributed by atoms with E-state index in [9.17, 15) is 30.0 Å². The van der Waals surface area contributed by atoms with Crippen molar-refractivity contribution in [2.75, 3.05) is 26.4 Å². The summed E-state index contributed by atoms with van der Waals surface area (Å²) >= 11 is 0. The van der Waals surface area contributed by atoms with Crippen LogP contribution < -0.4 is 9.47 Å². The smallest absolute Gasteiger partial charge is 0.269 e. The number of benzene rings is 4. The predicted molar refractivity (Wildman–Crippen MR) is 246 cm³/mol. The molecular weight excluding hydrogens is 844 g/mol. The monoisotopic (exact) mass is 898 g/mol. The van der Waals surface area contributed by atoms with Gasteiger partial charge < -0.3 is 34.2 Å². The van der Waals surface area contributed by atoms with E-state index >= 15 is 4.79 Å². The second-order valence-corrected chi connectivity index (χ2v) is 16.8. The first kappa shape index (κ1) is 47.3. The first-order chi connectivity index (χ1) is 32.1. The maximum Gasteiger partial charge on any atom is 0.269 e. The summed E-state index contributed by atoms with van der Waals surface area (Å²) < 4.78 is 35.0. The van der Waals surface area contributed by atoms with Gasteiger partial charge in [-0.3, -0.25) is 14.9 Å². The molecular formula is C52H55FN4O9. The summed E-state index contributed by atoms with van der Waals surface area (Å²) in [7, 11) is 0. The fourth-order valence-corrected chi connectivity index (χ4v) is 9.76. The van der Waals surface area contributed by atoms with E-state index in [2.05, 4.69) is 25.3 Å². The molecule has 4 aromatic carbocycles. The predicted octanol–water partition coefficient (Wildman–Crippen LogP) is 9.35. The number of halogens is 1. The van der Waals surface area contributed by atoms with Gasteiger partial charge in [-0.1, -0.05) is 54.9 Å². The molecule has 1 heterocycles. The molecule has 0 aromatic heterocycles. The molecule has 1 saturated carbocycles. The molecule has 1 aliphatic heterocycles. The number of nitro groups is 1. The van der Waals surface area contributed by atoms with Crippen LogP contribution in [0.3, 0.4) is 0 Å². The van der Waals surface area contributed by atoms with Gasteiger partial charge in [-0.2, -0.15) is 5.26 Å². The van der Waals surface area contributed by atoms with Crippen LogP contribution in [0.2, 0.25) is 0 Å². The quantitative estimate of drug-likeness (QED) is 0.0334. The van der Waals surface area contributed by atoms with Gasteiger partial charge in [-0.15, -0.1) is 6.58 Å². The Hall–Kier alpha value is -6.66. The van der Waals surface area contributed by atoms with Gasteiger partial charge in [0, 0.05) is 55.4 Å². The molecule has 13 nitrogen and oxygen atoms in total. The highest BCUT2D eigenvalue weighted by atomic mass is 19.1. The molecule has 7 rings (SSSR count). The van der Waals surface area contributed by atoms with Crippen LogP contribution in [0.15, 0.2) is 133 Å². The molecule has 1 fully saturated rings. The second-order valence-electron chi connectivity index (χ2n) is 16.8. The number of hydrogen-bond acceptors (Lipinski definition) is 11. The number of oxime groups is 1. The van der Waals surface area contributed by atoms with Crippen molar-refractivity contribution in [1.29, 1.82) is 5.26 Å². The number of ether oxygens (including phenoxy) is 3. The van der Waals surface area contributed by atoms with Gasteiger partial charge in [-0.05, 0) is 121 Å². The fourth-order valence-electron chi connectivity index (χ4n) is 9.76. The van der Waals surface area contributed by atoms with E-state index in [-0.39, 0.29) is 69.4 Å². The number of non-ortho nitro benzene ring substituents is 1. The molecule has 0 saturated heterocycles. The number of nitro benzene ring substituents is 1. The summed E-state index contributed by atoms with van der Waals surface area (Å²) in [6.07, 6.45) is 9.76. The van der Waals surface area contributed by atoms with Crippen molar-refractivity contribution in [1.82, 2.24) is 4.90 Å². The molecule has 3 aliphatic rings. The maximum absolute atomic E-state index is 15.3. The minimum atomic E-state index is -1.59. The molecule has 14 heteroatoms. The minimum absolute atomic E-state index is 0.00457. The number of rotatable bonds is 22. The summed E-state index contributed by atoms with van der Waals surface area (Å²) in [5.74, 6) is -2.30. The largest absolute Gasteiger partial charge is 0.490 e. The highest BCUT2D eigenvalue weighted by Crippen LogP contribution is 2.62. The Morgan fingerprint density at radius 2 is 1.65 bits per heavy atom. The van der Waals surface area contributed by atoms with Crippen LogP contribution in [0.25, 0.3) is 0 Å². The van der Waals surface area contributed by atoms with Gasteiger partial charge in [0.1, 0.15) is 36.6 Å². The number of fused-ring (bicyclic) bond motifs is 2. The topological polar surface area (TPSA) is 177 Å². The Morgan fingerprint density at radius 3 is 2.32 bits per heavy atom. The number of unbranched alkanes of at least 4 members (excludes halogenated alkanes) is 2. The number of carbonyl (C=O) groups is 1. The standard InChI is InChI=1S/C52H55FN4O9/c1-3-27-63-42-23-24-47-45(30-42)49-43(10-6-8-26-59)39(9-5-7-25-58)29-44-46(55-65-34-37-15-21-41(22-16-37)57(61)62)31-48(52(66-47,50(44)49)64-28-4-2)56(33-36-13-19-40(53)20-14-36)51(60)38-17-11-35(32-54)12-18-38/h3-4,11-24,29-30,39,43,48-50,58-59H,1-2,5-10,25-28,31,33-34H2. The number of aliphatic hydroxyl groups is 2. The lowest BCUT2D eigenvalue weighted by atomic mass is 9.55. The summed E-state index contributed by atoms with van der Waals surface area (Å²) in [6, 6.07) is 25.2. The normalized spacial score (nSPS) is 22.1. The third-order valence-corrected chi connectivity index (χ3v) is 12.7. The number of allylic oxidation sites excluding steroid dienone is 1. The number of nitriles is 1. The number of amides is 1. The van der Waals surface area contributed by atoms with Crippen molar-refractivity contribution in [3.8, 4) is 17.6 Å². The zero-order chi connectivity index (χ0) is 46.6. The van der Waals surface area contributed by atoms with Crippen LogP contribution >= 0.6 is 0 Å². The molecule has 344 valence electrons. The molecule has 66 heavy (non-hydrogen) atoms. The third-order valence-electron chi connectivity index (χ3n) is 12.7. The molecule has 2 aliphatic carbocycles. The SMILES string of the molecule is C=CCOc1ccc2c(c1)C1C(CCCCO)C(CCCCO)C=C3C(=NOCc4ccc([N+](=O)[O-])cc4)CC(N(Cc4ccc(F)cc4)C(=O)c4ccc(C#N)cc4)C(OCC=C)(O2)C31. The van der Waals surface area contributed by atoms with E-state index in [1.165, 1.54) is 24.3 Å². The van der Waals surface area contributed by atoms with Gasteiger partial charge in [-0.25, -0.2) is 4.39 Å². The van der Waals surface area contributed by atoms with Crippen LogP contribution in [0.4, 0.5) is 10.1 Å². The maximum atomic E-state index is 15.3. The first-order valence-corrected chi connectivity index (χ1v) is 22.4. The Balaban J connectivity index is 1.47. The third kappa shape index (κ3) is 10.4. The van der Waals surface area contributed by atoms with Gasteiger partial charge in [0.25, 0.3) is 11.6 Å². The lowest BCUT2D eigenvalue weighted by Crippen LogP contribution is -2.70. The zero-order valence-corrected chi connectivity index (χ0v) is 36.8. The van der Waals surface area contributed by atoms with Crippen LogP contribution in [-0.4, -0.2) is 69.9 Å². The van der Waals surface area contributed by atoms with Crippen molar-refractivity contribution >= 4 is 17.3 Å². The molecule has 0 bridgehead atoms. The van der Waals surface area contributed by atoms with E-state index < -0.39 is 34.4 Å². The Bertz CT molecular complexity index is 2450. The highest BCUT2D eigenvalue weighted by Gasteiger charge is 2.65. The van der Waals surface area contributed by atoms with E-state index in [0.29, 0.717) is 52.3 Å². The molecule has 6 unspecified atom stereocenters. The van der Waals surface area contributed by atoms with E-state index in [1.54, 1.807) is 65.6 Å². The minimum Gasteiger partial charge on any atom is -0.490 e. The van der Waals surface area contributed by atoms with E-state index in [0.717, 1.165) is 36.8 Å². The van der Waals surface area contributed by atoms with Crippen molar-refractivity contribution in [2.24, 2.45) is 22.9 Å². The molecule has 0 spiro atoms. The van der Waals surface area contributed by atoms with Crippen molar-refractivity contribution in [3.05, 3.63) is 172 Å². The highest BCUT2D eigenvalue weighted by molar-refractivity contribution is 6.03. The number of aliphatic hydroxyl groups excluding tert-OH is 2. The molecule has 4 aromatic rings. The van der Waals surface area contributed by atoms with Crippen LogP contribution in [0.5, 0.6) is 11.5 Å². The van der Waals surface area contributed by atoms with Gasteiger partial charge in [0.15, 0.2) is 0 Å². The summed E-state index contributed by atoms with van der Waals surface area (Å²) in [5.41, 5.74) is 4.14. The lowest BCUT2D eigenvalue weighted by Gasteiger charge is -2.60. The molecule has 0 radical (unpaired) electrons. The van der Waals surface area contributed by atoms with Crippen LogP contribution in [-0.2, 0) is 22.7 Å². The van der Waals surface area contributed by atoms with Crippen LogP contribution in [0, 0.1) is 45.0 Å². The average Bonchev–Trinajstić information content (AvgIpc) is 3.33. The number of hydrogen-bond donors (Lipinski definition) is 2. The molecule has 2 N–H and O–H groups in total. The zero-order valence-electron chi connectivity index (χ0n) is 36.8. The van der Waals surface area contributed by atoms with Gasteiger partial charge >= 0.3 is 0 Å². The Labute approximate surface area is 384 Å². The molecule has 1 amide bonds. The van der Waals surface area contributed by atoms with Gasteiger partial charge in [0.2, 0.25) is 5.79 Å². The number of nitrogens with zero attached hydrogens (tertiary/aromatic N) is 4. The molecule has 6 atom stereocenters. The number of carbonyl (C=O) groups excluding carboxylic acids is 1. The lowest BCUT2D eigenvalue weighted by molar-refractivity contribution is -0.384. The fraction of sp³-hybridized carbons (Fsp3) is 0.365. The van der Waals surface area contributed by atoms with E-state index in [1.807, 2.05) is 18.2 Å². The summed E-state index contributed by atoms with van der Waals surface area (Å²) in [4.78, 5) is 34.1.